The van der Waals surface area contributed by atoms with Gasteiger partial charge in [-0.25, -0.2) is 0 Å². The summed E-state index contributed by atoms with van der Waals surface area (Å²) in [5, 5.41) is 11.2. The van der Waals surface area contributed by atoms with Crippen LogP contribution < -0.4 is 0 Å². The van der Waals surface area contributed by atoms with Crippen LogP contribution in [0.15, 0.2) is 109 Å². The molecule has 4 aromatic rings. The quantitative estimate of drug-likeness (QED) is 0.219. The summed E-state index contributed by atoms with van der Waals surface area (Å²) in [6.45, 7) is 2.32. The third-order valence-corrected chi connectivity index (χ3v) is 6.85. The molecule has 0 unspecified atom stereocenters. The van der Waals surface area contributed by atoms with Crippen LogP contribution in [0.3, 0.4) is 0 Å². The molecule has 0 N–H and O–H groups in total. The summed E-state index contributed by atoms with van der Waals surface area (Å²) in [6.07, 6.45) is 0. The van der Waals surface area contributed by atoms with Crippen molar-refractivity contribution < 1.29 is 9.72 Å². The minimum absolute atomic E-state index is 0.198. The number of non-ortho nitro benzene ring substituents is 1. The van der Waals surface area contributed by atoms with E-state index in [0.29, 0.717) is 31.7 Å². The maximum atomic E-state index is 13.2. The summed E-state index contributed by atoms with van der Waals surface area (Å²) in [5.74, 6) is -0.198. The van der Waals surface area contributed by atoms with Gasteiger partial charge in [0.05, 0.1) is 16.5 Å². The SMILES string of the molecule is O=C(c1cc[c]c([N+](=O)[O-])c1)N1CCN(C(c2ccccc2)(c2ccccc2)c2ccccc2)CC1. The van der Waals surface area contributed by atoms with Crippen LogP contribution >= 0.6 is 0 Å². The lowest BCUT2D eigenvalue weighted by molar-refractivity contribution is -0.385. The molecule has 1 fully saturated rings. The third-order valence-electron chi connectivity index (χ3n) is 6.85. The number of nitro benzene ring substituents is 1. The number of rotatable bonds is 6. The van der Waals surface area contributed by atoms with Crippen LogP contribution in [-0.2, 0) is 5.54 Å². The number of carbonyl (C=O) groups is 1. The van der Waals surface area contributed by atoms with Gasteiger partial charge in [0, 0.05) is 37.8 Å². The largest absolute Gasteiger partial charge is 0.336 e. The Hall–Kier alpha value is -4.29. The van der Waals surface area contributed by atoms with Gasteiger partial charge in [-0.1, -0.05) is 91.0 Å². The van der Waals surface area contributed by atoms with Gasteiger partial charge < -0.3 is 4.90 Å². The standard InChI is InChI=1S/C30H26N3O3/c34-29(24-11-10-18-28(23-24)33(35)36)31-19-21-32(22-20-31)30(25-12-4-1-5-13-25,26-14-6-2-7-15-26)27-16-8-3-9-17-27/h1-17,23H,19-22H2. The summed E-state index contributed by atoms with van der Waals surface area (Å²) in [4.78, 5) is 28.1. The predicted octanol–water partition coefficient (Wildman–Crippen LogP) is 5.14. The first-order valence-electron chi connectivity index (χ1n) is 12.0. The Morgan fingerprint density at radius 3 is 1.67 bits per heavy atom. The number of nitrogens with zero attached hydrogens (tertiary/aromatic N) is 3. The van der Waals surface area contributed by atoms with E-state index < -0.39 is 10.5 Å². The van der Waals surface area contributed by atoms with Crippen molar-refractivity contribution in [1.29, 1.82) is 0 Å². The monoisotopic (exact) mass is 476 g/mol. The van der Waals surface area contributed by atoms with E-state index in [0.717, 1.165) is 16.7 Å². The van der Waals surface area contributed by atoms with E-state index in [2.05, 4.69) is 83.8 Å². The average Bonchev–Trinajstić information content (AvgIpc) is 2.95. The zero-order valence-electron chi connectivity index (χ0n) is 19.8. The van der Waals surface area contributed by atoms with Gasteiger partial charge in [-0.15, -0.1) is 0 Å². The molecule has 1 heterocycles. The molecular formula is C30H26N3O3. The van der Waals surface area contributed by atoms with Gasteiger partial charge >= 0.3 is 0 Å². The molecule has 6 nitrogen and oxygen atoms in total. The molecule has 36 heavy (non-hydrogen) atoms. The zero-order chi connectivity index (χ0) is 25.0. The second kappa shape index (κ2) is 10.1. The number of hydrogen-bond donors (Lipinski definition) is 0. The smallest absolute Gasteiger partial charge is 0.278 e. The van der Waals surface area contributed by atoms with Crippen LogP contribution in [0.2, 0.25) is 0 Å². The Bertz CT molecular complexity index is 1240. The Morgan fingerprint density at radius 1 is 0.750 bits per heavy atom. The molecule has 5 rings (SSSR count). The fourth-order valence-corrected chi connectivity index (χ4v) is 5.21. The van der Waals surface area contributed by atoms with Crippen LogP contribution in [0.4, 0.5) is 5.69 Å². The van der Waals surface area contributed by atoms with Crippen molar-refractivity contribution >= 4 is 11.6 Å². The summed E-state index contributed by atoms with van der Waals surface area (Å²) in [7, 11) is 0. The van der Waals surface area contributed by atoms with E-state index >= 15 is 0 Å². The lowest BCUT2D eigenvalue weighted by atomic mass is 9.75. The van der Waals surface area contributed by atoms with Crippen molar-refractivity contribution in [3.8, 4) is 0 Å². The van der Waals surface area contributed by atoms with E-state index in [1.807, 2.05) is 18.2 Å². The van der Waals surface area contributed by atoms with Crippen molar-refractivity contribution in [2.75, 3.05) is 26.2 Å². The fourth-order valence-electron chi connectivity index (χ4n) is 5.21. The van der Waals surface area contributed by atoms with E-state index in [4.69, 9.17) is 0 Å². The number of benzene rings is 4. The molecule has 0 bridgehead atoms. The van der Waals surface area contributed by atoms with Crippen LogP contribution in [-0.4, -0.2) is 46.8 Å². The fraction of sp³-hybridized carbons (Fsp3) is 0.167. The molecule has 0 saturated carbocycles. The molecular weight excluding hydrogens is 450 g/mol. The highest BCUT2D eigenvalue weighted by atomic mass is 16.6. The molecule has 1 aliphatic heterocycles. The number of nitro groups is 1. The van der Waals surface area contributed by atoms with Gasteiger partial charge in [0.25, 0.3) is 11.6 Å². The Balaban J connectivity index is 1.51. The predicted molar refractivity (Wildman–Crippen MR) is 139 cm³/mol. The van der Waals surface area contributed by atoms with E-state index in [1.54, 1.807) is 11.0 Å². The molecule has 0 aliphatic carbocycles. The number of piperazine rings is 1. The Kier molecular flexibility index (Phi) is 6.60. The first kappa shape index (κ1) is 23.5. The minimum Gasteiger partial charge on any atom is -0.336 e. The Labute approximate surface area is 210 Å². The van der Waals surface area contributed by atoms with Crippen molar-refractivity contribution in [3.05, 3.63) is 148 Å². The highest BCUT2D eigenvalue weighted by Crippen LogP contribution is 2.42. The normalized spacial score (nSPS) is 14.4. The minimum atomic E-state index is -0.528. The highest BCUT2D eigenvalue weighted by molar-refractivity contribution is 5.94. The number of hydrogen-bond acceptors (Lipinski definition) is 4. The molecule has 1 saturated heterocycles. The van der Waals surface area contributed by atoms with Crippen molar-refractivity contribution in [1.82, 2.24) is 9.80 Å². The molecule has 1 amide bonds. The maximum absolute atomic E-state index is 13.2. The molecule has 179 valence electrons. The van der Waals surface area contributed by atoms with Gasteiger partial charge in [0.2, 0.25) is 0 Å². The first-order chi connectivity index (χ1) is 17.6. The van der Waals surface area contributed by atoms with Gasteiger partial charge in [-0.05, 0) is 28.8 Å². The van der Waals surface area contributed by atoms with Gasteiger partial charge in [-0.3, -0.25) is 19.8 Å². The first-order valence-corrected chi connectivity index (χ1v) is 12.0. The summed E-state index contributed by atoms with van der Waals surface area (Å²) in [5.41, 5.74) is 3.08. The summed E-state index contributed by atoms with van der Waals surface area (Å²) >= 11 is 0. The molecule has 4 aromatic carbocycles. The van der Waals surface area contributed by atoms with Crippen LogP contribution in [0.25, 0.3) is 0 Å². The average molecular weight is 477 g/mol. The second-order valence-corrected chi connectivity index (χ2v) is 8.81. The van der Waals surface area contributed by atoms with Gasteiger partial charge in [-0.2, -0.15) is 0 Å². The molecule has 1 radical (unpaired) electrons. The molecule has 0 spiro atoms. The zero-order valence-corrected chi connectivity index (χ0v) is 19.8. The number of amides is 1. The Morgan fingerprint density at radius 2 is 1.22 bits per heavy atom. The summed E-state index contributed by atoms with van der Waals surface area (Å²) < 4.78 is 0. The lowest BCUT2D eigenvalue weighted by Crippen LogP contribution is -2.57. The third kappa shape index (κ3) is 4.27. The van der Waals surface area contributed by atoms with Crippen LogP contribution in [0, 0.1) is 16.2 Å². The maximum Gasteiger partial charge on any atom is 0.278 e. The number of carbonyl (C=O) groups excluding carboxylic acids is 1. The van der Waals surface area contributed by atoms with Crippen LogP contribution in [0.1, 0.15) is 27.0 Å². The molecule has 0 aromatic heterocycles. The summed E-state index contributed by atoms with van der Waals surface area (Å²) in [6, 6.07) is 38.3. The second-order valence-electron chi connectivity index (χ2n) is 8.81. The van der Waals surface area contributed by atoms with Crippen molar-refractivity contribution in [2.45, 2.75) is 5.54 Å². The van der Waals surface area contributed by atoms with Crippen molar-refractivity contribution in [2.24, 2.45) is 0 Å². The van der Waals surface area contributed by atoms with Crippen LogP contribution in [0.5, 0.6) is 0 Å². The van der Waals surface area contributed by atoms with Crippen molar-refractivity contribution in [3.63, 3.8) is 0 Å². The van der Waals surface area contributed by atoms with E-state index in [1.165, 1.54) is 12.1 Å². The van der Waals surface area contributed by atoms with Gasteiger partial charge in [0.1, 0.15) is 0 Å². The topological polar surface area (TPSA) is 66.7 Å². The van der Waals surface area contributed by atoms with E-state index in [-0.39, 0.29) is 11.6 Å². The lowest BCUT2D eigenvalue weighted by Gasteiger charge is -2.49. The molecule has 0 atom stereocenters. The molecule has 6 heteroatoms. The van der Waals surface area contributed by atoms with Gasteiger partial charge in [0.15, 0.2) is 0 Å². The molecule has 1 aliphatic rings. The highest BCUT2D eigenvalue weighted by Gasteiger charge is 2.43. The van der Waals surface area contributed by atoms with E-state index in [9.17, 15) is 14.9 Å².